The molecule has 8 heteroatoms. The van der Waals surface area contributed by atoms with Crippen molar-refractivity contribution in [3.05, 3.63) is 0 Å². The van der Waals surface area contributed by atoms with Gasteiger partial charge in [0.05, 0.1) is 12.6 Å². The van der Waals surface area contributed by atoms with E-state index in [1.54, 1.807) is 6.92 Å². The Bertz CT molecular complexity index is 605. The zero-order valence-electron chi connectivity index (χ0n) is 19.0. The molecule has 0 aromatic rings. The van der Waals surface area contributed by atoms with Crippen LogP contribution < -0.4 is 16.4 Å². The molecule has 2 aliphatic rings. The van der Waals surface area contributed by atoms with Crippen LogP contribution in [0.5, 0.6) is 0 Å². The Morgan fingerprint density at radius 3 is 2.47 bits per heavy atom. The summed E-state index contributed by atoms with van der Waals surface area (Å²) >= 11 is 5.83. The molecule has 0 spiro atoms. The summed E-state index contributed by atoms with van der Waals surface area (Å²) < 4.78 is 5.10. The molecule has 2 atom stereocenters. The zero-order valence-corrected chi connectivity index (χ0v) is 19.9. The molecule has 1 heterocycles. The largest absolute Gasteiger partial charge is 0.450 e. The first kappa shape index (κ1) is 24.9. The average molecular weight is 441 g/mol. The van der Waals surface area contributed by atoms with Gasteiger partial charge in [0.1, 0.15) is 11.0 Å². The fourth-order valence-corrected chi connectivity index (χ4v) is 4.91. The average Bonchev–Trinajstić information content (AvgIpc) is 3.21. The van der Waals surface area contributed by atoms with Gasteiger partial charge in [0.15, 0.2) is 0 Å². The van der Waals surface area contributed by atoms with Crippen LogP contribution >= 0.6 is 12.2 Å². The molecule has 30 heavy (non-hydrogen) atoms. The fraction of sp³-hybridized carbons (Fsp3) is 0.864. The summed E-state index contributed by atoms with van der Waals surface area (Å²) in [5, 5.41) is 6.10. The summed E-state index contributed by atoms with van der Waals surface area (Å²) in [4.78, 5) is 27.8. The number of ether oxygens (including phenoxy) is 1. The number of rotatable bonds is 8. The maximum Gasteiger partial charge on any atom is 0.407 e. The molecule has 0 aromatic carbocycles. The Hall–Kier alpha value is -1.41. The Morgan fingerprint density at radius 1 is 1.20 bits per heavy atom. The molecule has 172 valence electrons. The summed E-state index contributed by atoms with van der Waals surface area (Å²) in [7, 11) is 0. The van der Waals surface area contributed by atoms with E-state index in [0.29, 0.717) is 30.1 Å². The first-order chi connectivity index (χ1) is 14.2. The third kappa shape index (κ3) is 6.54. The van der Waals surface area contributed by atoms with E-state index in [9.17, 15) is 9.59 Å². The smallest absolute Gasteiger partial charge is 0.407 e. The first-order valence-corrected chi connectivity index (χ1v) is 11.9. The second-order valence-electron chi connectivity index (χ2n) is 9.36. The van der Waals surface area contributed by atoms with E-state index >= 15 is 0 Å². The molecule has 1 aliphatic heterocycles. The summed E-state index contributed by atoms with van der Waals surface area (Å²) in [5.74, 6) is 0.543. The number of nitrogens with two attached hydrogens (primary N) is 1. The SMILES string of the molecule is CCOC(=O)N[C@H](C(=S)N1CCC[C@H]1C(=O)NCC1CCC(N)CC1)C(C)(C)CC. The van der Waals surface area contributed by atoms with E-state index in [1.165, 1.54) is 0 Å². The molecule has 2 fully saturated rings. The number of alkyl carbamates (subject to hydrolysis) is 1. The first-order valence-electron chi connectivity index (χ1n) is 11.5. The predicted molar refractivity (Wildman–Crippen MR) is 123 cm³/mol. The summed E-state index contributed by atoms with van der Waals surface area (Å²) in [6.07, 6.45) is 6.27. The van der Waals surface area contributed by atoms with Crippen molar-refractivity contribution in [1.29, 1.82) is 0 Å². The van der Waals surface area contributed by atoms with Crippen LogP contribution in [0.15, 0.2) is 0 Å². The molecule has 7 nitrogen and oxygen atoms in total. The van der Waals surface area contributed by atoms with Crippen molar-refractivity contribution < 1.29 is 14.3 Å². The summed E-state index contributed by atoms with van der Waals surface area (Å²) in [5.41, 5.74) is 5.73. The highest BCUT2D eigenvalue weighted by molar-refractivity contribution is 7.80. The van der Waals surface area contributed by atoms with E-state index in [-0.39, 0.29) is 23.4 Å². The molecule has 4 N–H and O–H groups in total. The Morgan fingerprint density at radius 2 is 1.87 bits per heavy atom. The lowest BCUT2D eigenvalue weighted by Gasteiger charge is -2.39. The van der Waals surface area contributed by atoms with E-state index in [4.69, 9.17) is 22.7 Å². The van der Waals surface area contributed by atoms with E-state index in [2.05, 4.69) is 31.4 Å². The topological polar surface area (TPSA) is 96.7 Å². The van der Waals surface area contributed by atoms with Crippen LogP contribution in [0.1, 0.15) is 72.6 Å². The number of carbonyl (C=O) groups excluding carboxylic acids is 2. The van der Waals surface area contributed by atoms with Crippen molar-refractivity contribution in [2.45, 2.75) is 90.8 Å². The van der Waals surface area contributed by atoms with Gasteiger partial charge in [0.25, 0.3) is 0 Å². The minimum absolute atomic E-state index is 0.0360. The molecule has 0 unspecified atom stereocenters. The Kier molecular flexibility index (Phi) is 9.34. The molecule has 1 saturated carbocycles. The van der Waals surface area contributed by atoms with Gasteiger partial charge < -0.3 is 26.0 Å². The molecule has 0 bridgehead atoms. The van der Waals surface area contributed by atoms with Gasteiger partial charge in [-0.25, -0.2) is 4.79 Å². The minimum Gasteiger partial charge on any atom is -0.450 e. The van der Waals surface area contributed by atoms with Gasteiger partial charge in [-0.3, -0.25) is 4.79 Å². The monoisotopic (exact) mass is 440 g/mol. The molecular formula is C22H40N4O3S. The number of carbonyl (C=O) groups is 2. The quantitative estimate of drug-likeness (QED) is 0.502. The van der Waals surface area contributed by atoms with Gasteiger partial charge >= 0.3 is 6.09 Å². The van der Waals surface area contributed by atoms with Crippen LogP contribution in [-0.2, 0) is 9.53 Å². The molecule has 2 rings (SSSR count). The molecule has 0 radical (unpaired) electrons. The van der Waals surface area contributed by atoms with Crippen LogP contribution in [0, 0.1) is 11.3 Å². The highest BCUT2D eigenvalue weighted by Gasteiger charge is 2.40. The number of thiocarbonyl (C=S) groups is 1. The van der Waals surface area contributed by atoms with Gasteiger partial charge in [0, 0.05) is 19.1 Å². The molecule has 2 amide bonds. The van der Waals surface area contributed by atoms with Crippen molar-refractivity contribution in [2.24, 2.45) is 17.1 Å². The minimum atomic E-state index is -0.470. The highest BCUT2D eigenvalue weighted by atomic mass is 32.1. The number of likely N-dealkylation sites (tertiary alicyclic amines) is 1. The molecule has 1 aliphatic carbocycles. The summed E-state index contributed by atoms with van der Waals surface area (Å²) in [6.45, 7) is 9.75. The molecular weight excluding hydrogens is 400 g/mol. The number of nitrogens with zero attached hydrogens (tertiary/aromatic N) is 1. The third-order valence-corrected chi connectivity index (χ3v) is 7.24. The van der Waals surface area contributed by atoms with E-state index in [1.807, 2.05) is 4.90 Å². The van der Waals surface area contributed by atoms with Crippen molar-refractivity contribution in [3.8, 4) is 0 Å². The van der Waals surface area contributed by atoms with E-state index < -0.39 is 6.09 Å². The lowest BCUT2D eigenvalue weighted by atomic mass is 9.81. The van der Waals surface area contributed by atoms with Crippen molar-refractivity contribution >= 4 is 29.2 Å². The van der Waals surface area contributed by atoms with Crippen LogP contribution in [0.25, 0.3) is 0 Å². The van der Waals surface area contributed by atoms with Gasteiger partial charge in [0.2, 0.25) is 5.91 Å². The van der Waals surface area contributed by atoms with Crippen LogP contribution in [0.3, 0.4) is 0 Å². The van der Waals surface area contributed by atoms with Crippen molar-refractivity contribution in [3.63, 3.8) is 0 Å². The van der Waals surface area contributed by atoms with Crippen LogP contribution in [0.4, 0.5) is 4.79 Å². The fourth-order valence-electron chi connectivity index (χ4n) is 4.31. The van der Waals surface area contributed by atoms with Gasteiger partial charge in [-0.2, -0.15) is 0 Å². The molecule has 1 saturated heterocycles. The number of amides is 2. The second kappa shape index (κ2) is 11.3. The number of hydrogen-bond acceptors (Lipinski definition) is 5. The van der Waals surface area contributed by atoms with Gasteiger partial charge in [-0.1, -0.05) is 33.0 Å². The molecule has 0 aromatic heterocycles. The normalized spacial score (nSPS) is 25.5. The number of nitrogens with one attached hydrogen (secondary N) is 2. The lowest BCUT2D eigenvalue weighted by molar-refractivity contribution is -0.124. The maximum atomic E-state index is 13.0. The van der Waals surface area contributed by atoms with Gasteiger partial charge in [-0.15, -0.1) is 0 Å². The highest BCUT2D eigenvalue weighted by Crippen LogP contribution is 2.30. The maximum absolute atomic E-state index is 13.0. The standard InChI is InChI=1S/C22H40N4O3S/c1-5-22(3,4)18(25-21(28)29-6-2)20(30)26-13-7-8-17(26)19(27)24-14-15-9-11-16(23)12-10-15/h15-18H,5-14,23H2,1-4H3,(H,24,27)(H,25,28)/t15?,16?,17-,18+/m0/s1. The third-order valence-electron chi connectivity index (χ3n) is 6.77. The predicted octanol–water partition coefficient (Wildman–Crippen LogP) is 2.96. The van der Waals surface area contributed by atoms with Crippen molar-refractivity contribution in [1.82, 2.24) is 15.5 Å². The Balaban J connectivity index is 2.02. The number of hydrogen-bond donors (Lipinski definition) is 3. The summed E-state index contributed by atoms with van der Waals surface area (Å²) in [6, 6.07) is -0.335. The lowest BCUT2D eigenvalue weighted by Crippen LogP contribution is -2.57. The van der Waals surface area contributed by atoms with Crippen molar-refractivity contribution in [2.75, 3.05) is 19.7 Å². The van der Waals surface area contributed by atoms with Crippen LogP contribution in [0.2, 0.25) is 0 Å². The zero-order chi connectivity index (χ0) is 22.3. The van der Waals surface area contributed by atoms with E-state index in [0.717, 1.165) is 51.5 Å². The Labute approximate surface area is 186 Å². The second-order valence-corrected chi connectivity index (χ2v) is 9.77. The van der Waals surface area contributed by atoms with Gasteiger partial charge in [-0.05, 0) is 63.2 Å². The van der Waals surface area contributed by atoms with Crippen LogP contribution in [-0.4, -0.2) is 59.7 Å².